The average molecular weight is 244 g/mol. The largest absolute Gasteiger partial charge is 0.477 e. The molecule has 2 rings (SSSR count). The van der Waals surface area contributed by atoms with Gasteiger partial charge >= 0.3 is 5.97 Å². The lowest BCUT2D eigenvalue weighted by Crippen LogP contribution is -2.09. The topological polar surface area (TPSA) is 66.0 Å². The van der Waals surface area contributed by atoms with Crippen LogP contribution < -0.4 is 0 Å². The molecular formula is C13H9FN2O2. The van der Waals surface area contributed by atoms with E-state index in [4.69, 9.17) is 10.4 Å². The zero-order valence-electron chi connectivity index (χ0n) is 9.51. The van der Waals surface area contributed by atoms with Crippen molar-refractivity contribution in [1.29, 1.82) is 5.26 Å². The van der Waals surface area contributed by atoms with Crippen molar-refractivity contribution in [3.8, 4) is 11.8 Å². The number of carboxylic acids is 1. The van der Waals surface area contributed by atoms with Gasteiger partial charge in [0.15, 0.2) is 0 Å². The second kappa shape index (κ2) is 4.34. The number of nitriles is 1. The highest BCUT2D eigenvalue weighted by atomic mass is 19.1. The van der Waals surface area contributed by atoms with Crippen molar-refractivity contribution in [3.05, 3.63) is 53.1 Å². The van der Waals surface area contributed by atoms with Crippen molar-refractivity contribution in [2.45, 2.75) is 6.92 Å². The van der Waals surface area contributed by atoms with Gasteiger partial charge in [-0.25, -0.2) is 9.18 Å². The Balaban J connectivity index is 2.73. The Morgan fingerprint density at radius 2 is 2.17 bits per heavy atom. The first-order chi connectivity index (χ1) is 8.56. The molecule has 1 aromatic heterocycles. The van der Waals surface area contributed by atoms with E-state index in [2.05, 4.69) is 0 Å². The smallest absolute Gasteiger partial charge is 0.354 e. The number of carboxylic acid groups (broad SMARTS) is 1. The Morgan fingerprint density at radius 1 is 1.44 bits per heavy atom. The number of hydrogen-bond donors (Lipinski definition) is 1. The molecule has 0 unspecified atom stereocenters. The Morgan fingerprint density at radius 3 is 2.78 bits per heavy atom. The van der Waals surface area contributed by atoms with Gasteiger partial charge in [-0.3, -0.25) is 0 Å². The standard InChI is InChI=1S/C13H9FN2O2/c1-8-10(14)3-2-4-11(8)16-6-5-9(7-15)12(16)13(17)18/h2-6H,1H3,(H,17,18). The van der Waals surface area contributed by atoms with Gasteiger partial charge in [0.1, 0.15) is 17.6 Å². The minimum atomic E-state index is -1.22. The van der Waals surface area contributed by atoms with Crippen LogP contribution in [0.15, 0.2) is 30.5 Å². The fourth-order valence-electron chi connectivity index (χ4n) is 1.80. The summed E-state index contributed by atoms with van der Waals surface area (Å²) >= 11 is 0. The highest BCUT2D eigenvalue weighted by molar-refractivity contribution is 5.89. The summed E-state index contributed by atoms with van der Waals surface area (Å²) in [4.78, 5) is 11.2. The lowest BCUT2D eigenvalue weighted by atomic mass is 10.2. The first kappa shape index (κ1) is 11.9. The molecule has 0 aliphatic carbocycles. The van der Waals surface area contributed by atoms with E-state index >= 15 is 0 Å². The zero-order valence-corrected chi connectivity index (χ0v) is 9.51. The van der Waals surface area contributed by atoms with Crippen LogP contribution in [0.25, 0.3) is 5.69 Å². The summed E-state index contributed by atoms with van der Waals surface area (Å²) in [6.07, 6.45) is 1.45. The molecule has 1 N–H and O–H groups in total. The van der Waals surface area contributed by atoms with Gasteiger partial charge in [-0.15, -0.1) is 0 Å². The van der Waals surface area contributed by atoms with Crippen LogP contribution in [0.5, 0.6) is 0 Å². The number of nitrogens with zero attached hydrogens (tertiary/aromatic N) is 2. The van der Waals surface area contributed by atoms with Gasteiger partial charge in [0.05, 0.1) is 11.3 Å². The van der Waals surface area contributed by atoms with Crippen molar-refractivity contribution in [2.24, 2.45) is 0 Å². The predicted octanol–water partition coefficient (Wildman–Crippen LogP) is 2.49. The van der Waals surface area contributed by atoms with Gasteiger partial charge < -0.3 is 9.67 Å². The zero-order chi connectivity index (χ0) is 13.3. The maximum atomic E-state index is 13.5. The highest BCUT2D eigenvalue weighted by Crippen LogP contribution is 2.21. The van der Waals surface area contributed by atoms with E-state index in [1.807, 2.05) is 0 Å². The lowest BCUT2D eigenvalue weighted by molar-refractivity contribution is 0.0688. The van der Waals surface area contributed by atoms with Crippen LogP contribution >= 0.6 is 0 Å². The second-order valence-corrected chi connectivity index (χ2v) is 3.75. The summed E-state index contributed by atoms with van der Waals surface area (Å²) in [5.41, 5.74) is 0.631. The number of halogens is 1. The van der Waals surface area contributed by atoms with Crippen LogP contribution in [0.2, 0.25) is 0 Å². The minimum Gasteiger partial charge on any atom is -0.477 e. The summed E-state index contributed by atoms with van der Waals surface area (Å²) < 4.78 is 14.8. The average Bonchev–Trinajstić information content (AvgIpc) is 2.76. The number of rotatable bonds is 2. The molecule has 0 saturated heterocycles. The van der Waals surface area contributed by atoms with E-state index in [-0.39, 0.29) is 11.3 Å². The maximum Gasteiger partial charge on any atom is 0.354 e. The summed E-state index contributed by atoms with van der Waals surface area (Å²) in [6, 6.07) is 7.60. The Bertz CT molecular complexity index is 668. The van der Waals surface area contributed by atoms with Gasteiger partial charge in [0.2, 0.25) is 0 Å². The van der Waals surface area contributed by atoms with E-state index < -0.39 is 11.8 Å². The SMILES string of the molecule is Cc1c(F)cccc1-n1ccc(C#N)c1C(=O)O. The van der Waals surface area contributed by atoms with Crippen molar-refractivity contribution >= 4 is 5.97 Å². The monoisotopic (exact) mass is 244 g/mol. The molecular weight excluding hydrogens is 235 g/mol. The van der Waals surface area contributed by atoms with Gasteiger partial charge in [0.25, 0.3) is 0 Å². The van der Waals surface area contributed by atoms with Crippen LogP contribution in [0.3, 0.4) is 0 Å². The quantitative estimate of drug-likeness (QED) is 0.882. The van der Waals surface area contributed by atoms with Gasteiger partial charge in [-0.05, 0) is 25.1 Å². The molecule has 0 radical (unpaired) electrons. The molecule has 0 aliphatic heterocycles. The van der Waals surface area contributed by atoms with E-state index in [0.29, 0.717) is 11.3 Å². The third kappa shape index (κ3) is 1.74. The molecule has 0 aliphatic rings. The van der Waals surface area contributed by atoms with E-state index in [0.717, 1.165) is 0 Å². The summed E-state index contributed by atoms with van der Waals surface area (Å²) in [6.45, 7) is 1.56. The number of aromatic carboxylic acids is 1. The van der Waals surface area contributed by atoms with Crippen LogP contribution in [-0.4, -0.2) is 15.6 Å². The Kier molecular flexibility index (Phi) is 2.86. The van der Waals surface area contributed by atoms with E-state index in [1.54, 1.807) is 19.1 Å². The highest BCUT2D eigenvalue weighted by Gasteiger charge is 2.18. The second-order valence-electron chi connectivity index (χ2n) is 3.75. The molecule has 0 bridgehead atoms. The fraction of sp³-hybridized carbons (Fsp3) is 0.0769. The third-order valence-corrected chi connectivity index (χ3v) is 2.71. The summed E-state index contributed by atoms with van der Waals surface area (Å²) in [7, 11) is 0. The molecule has 2 aromatic rings. The molecule has 1 aromatic carbocycles. The van der Waals surface area contributed by atoms with Crippen molar-refractivity contribution < 1.29 is 14.3 Å². The molecule has 18 heavy (non-hydrogen) atoms. The molecule has 0 atom stereocenters. The minimum absolute atomic E-state index is 0.0474. The molecule has 4 nitrogen and oxygen atoms in total. The first-order valence-electron chi connectivity index (χ1n) is 5.16. The third-order valence-electron chi connectivity index (χ3n) is 2.71. The summed E-state index contributed by atoms with van der Waals surface area (Å²) in [5, 5.41) is 18.0. The number of hydrogen-bond acceptors (Lipinski definition) is 2. The van der Waals surface area contributed by atoms with E-state index in [1.165, 1.54) is 29.0 Å². The molecule has 0 amide bonds. The molecule has 90 valence electrons. The maximum absolute atomic E-state index is 13.5. The van der Waals surface area contributed by atoms with Crippen molar-refractivity contribution in [1.82, 2.24) is 4.57 Å². The molecule has 1 heterocycles. The van der Waals surface area contributed by atoms with Gasteiger partial charge in [0, 0.05) is 11.8 Å². The fourth-order valence-corrected chi connectivity index (χ4v) is 1.80. The normalized spacial score (nSPS) is 10.1. The summed E-state index contributed by atoms with van der Waals surface area (Å²) in [5.74, 6) is -1.64. The van der Waals surface area contributed by atoms with Crippen LogP contribution in [-0.2, 0) is 0 Å². The molecule has 0 saturated carbocycles. The van der Waals surface area contributed by atoms with Crippen LogP contribution in [0.4, 0.5) is 4.39 Å². The van der Waals surface area contributed by atoms with Gasteiger partial charge in [-0.2, -0.15) is 5.26 Å². The number of aromatic nitrogens is 1. The van der Waals surface area contributed by atoms with Crippen LogP contribution in [0, 0.1) is 24.1 Å². The molecule has 5 heteroatoms. The van der Waals surface area contributed by atoms with Crippen molar-refractivity contribution in [2.75, 3.05) is 0 Å². The van der Waals surface area contributed by atoms with Crippen LogP contribution in [0.1, 0.15) is 21.6 Å². The molecule has 0 fully saturated rings. The first-order valence-corrected chi connectivity index (χ1v) is 5.16. The number of carbonyl (C=O) groups is 1. The number of benzene rings is 1. The van der Waals surface area contributed by atoms with Crippen molar-refractivity contribution in [3.63, 3.8) is 0 Å². The Hall–Kier alpha value is -2.61. The van der Waals surface area contributed by atoms with Gasteiger partial charge in [-0.1, -0.05) is 6.07 Å². The Labute approximate surface area is 103 Å². The molecule has 0 spiro atoms. The van der Waals surface area contributed by atoms with E-state index in [9.17, 15) is 9.18 Å². The predicted molar refractivity (Wildman–Crippen MR) is 62.1 cm³/mol. The lowest BCUT2D eigenvalue weighted by Gasteiger charge is -2.10.